The summed E-state index contributed by atoms with van der Waals surface area (Å²) >= 11 is 0. The van der Waals surface area contributed by atoms with Gasteiger partial charge in [0.15, 0.2) is 5.65 Å². The molecule has 0 aliphatic carbocycles. The number of anilines is 1. The van der Waals surface area contributed by atoms with E-state index in [0.717, 1.165) is 54.2 Å². The Balaban J connectivity index is 1.44. The van der Waals surface area contributed by atoms with Gasteiger partial charge in [-0.1, -0.05) is 6.92 Å². The number of nitrogens with zero attached hydrogens (tertiary/aromatic N) is 8. The maximum atomic E-state index is 6.36. The highest BCUT2D eigenvalue weighted by Gasteiger charge is 2.35. The van der Waals surface area contributed by atoms with Crippen molar-refractivity contribution in [3.8, 4) is 5.88 Å². The van der Waals surface area contributed by atoms with E-state index in [-0.39, 0.29) is 6.04 Å². The van der Waals surface area contributed by atoms with Gasteiger partial charge in [-0.2, -0.15) is 0 Å². The molecule has 0 spiro atoms. The molecule has 1 saturated heterocycles. The molecule has 1 fully saturated rings. The molecule has 9 nitrogen and oxygen atoms in total. The third-order valence-corrected chi connectivity index (χ3v) is 6.65. The standard InChI is InChI=1S/C25H28N8O/c1-3-10-32-14-17(2)22(31-11-4-5-12-31)21-25(32)33-16-26-13-19(33)24(30-21)34-15-18-6-7-28-23-20(18)27-8-9-29-23/h6-9,13-14,16,22H,3-5,10-12,15H2,1-2H3. The van der Waals surface area contributed by atoms with Gasteiger partial charge in [-0.3, -0.25) is 14.3 Å². The molecule has 0 radical (unpaired) electrons. The molecule has 174 valence electrons. The van der Waals surface area contributed by atoms with Crippen molar-refractivity contribution in [1.82, 2.24) is 34.2 Å². The first-order chi connectivity index (χ1) is 16.7. The van der Waals surface area contributed by atoms with Crippen LogP contribution in [0.1, 0.15) is 50.4 Å². The Bertz CT molecular complexity index is 1370. The molecule has 4 aromatic rings. The molecule has 2 aliphatic heterocycles. The smallest absolute Gasteiger partial charge is 0.240 e. The van der Waals surface area contributed by atoms with Crippen molar-refractivity contribution in [2.75, 3.05) is 24.5 Å². The highest BCUT2D eigenvalue weighted by Crippen LogP contribution is 2.42. The van der Waals surface area contributed by atoms with Crippen LogP contribution in [0.2, 0.25) is 0 Å². The van der Waals surface area contributed by atoms with Crippen molar-refractivity contribution in [2.45, 2.75) is 45.8 Å². The Kier molecular flexibility index (Phi) is 5.33. The summed E-state index contributed by atoms with van der Waals surface area (Å²) in [4.78, 5) is 27.5. The minimum atomic E-state index is 0.146. The van der Waals surface area contributed by atoms with Crippen LogP contribution in [-0.2, 0) is 6.61 Å². The summed E-state index contributed by atoms with van der Waals surface area (Å²) in [5.41, 5.74) is 5.50. The fourth-order valence-electron chi connectivity index (χ4n) is 5.19. The number of ether oxygens (including phenoxy) is 1. The fourth-order valence-corrected chi connectivity index (χ4v) is 5.19. The Morgan fingerprint density at radius 2 is 1.91 bits per heavy atom. The van der Waals surface area contributed by atoms with E-state index in [1.807, 2.05) is 18.6 Å². The molecule has 2 aliphatic rings. The number of likely N-dealkylation sites (tertiary alicyclic amines) is 1. The number of hydrogen-bond donors (Lipinski definition) is 0. The van der Waals surface area contributed by atoms with Gasteiger partial charge in [-0.25, -0.2) is 19.9 Å². The predicted octanol–water partition coefficient (Wildman–Crippen LogP) is 3.92. The van der Waals surface area contributed by atoms with Crippen molar-refractivity contribution < 1.29 is 4.74 Å². The van der Waals surface area contributed by atoms with E-state index >= 15 is 0 Å². The normalized spacial score (nSPS) is 18.5. The summed E-state index contributed by atoms with van der Waals surface area (Å²) in [6, 6.07) is 2.07. The molecule has 0 saturated carbocycles. The van der Waals surface area contributed by atoms with Crippen LogP contribution in [0.25, 0.3) is 16.7 Å². The molecule has 34 heavy (non-hydrogen) atoms. The zero-order chi connectivity index (χ0) is 23.1. The van der Waals surface area contributed by atoms with E-state index in [1.165, 1.54) is 18.4 Å². The van der Waals surface area contributed by atoms with Gasteiger partial charge in [-0.05, 0) is 50.9 Å². The second-order valence-corrected chi connectivity index (χ2v) is 8.97. The SMILES string of the molecule is CCCN1C=C(C)C(N2CCCC2)c2nc(OCc3ccnc4nccnc34)c3cncn3c21. The van der Waals surface area contributed by atoms with Crippen molar-refractivity contribution in [2.24, 2.45) is 0 Å². The summed E-state index contributed by atoms with van der Waals surface area (Å²) in [5.74, 6) is 1.67. The number of fused-ring (bicyclic) bond motifs is 4. The Morgan fingerprint density at radius 3 is 2.76 bits per heavy atom. The van der Waals surface area contributed by atoms with Crippen LogP contribution in [0.3, 0.4) is 0 Å². The van der Waals surface area contributed by atoms with Gasteiger partial charge in [0, 0.05) is 36.9 Å². The number of hydrogen-bond acceptors (Lipinski definition) is 8. The minimum absolute atomic E-state index is 0.146. The maximum Gasteiger partial charge on any atom is 0.240 e. The number of pyridine rings is 1. The zero-order valence-electron chi connectivity index (χ0n) is 19.6. The Labute approximate surface area is 198 Å². The summed E-state index contributed by atoms with van der Waals surface area (Å²) in [6.45, 7) is 7.85. The van der Waals surface area contributed by atoms with Gasteiger partial charge in [-0.15, -0.1) is 0 Å². The van der Waals surface area contributed by atoms with E-state index in [0.29, 0.717) is 18.1 Å². The molecule has 0 aromatic carbocycles. The summed E-state index contributed by atoms with van der Waals surface area (Å²) in [5, 5.41) is 0. The summed E-state index contributed by atoms with van der Waals surface area (Å²) in [7, 11) is 0. The molecular formula is C25H28N8O. The molecule has 1 atom stereocenters. The van der Waals surface area contributed by atoms with Gasteiger partial charge < -0.3 is 9.64 Å². The van der Waals surface area contributed by atoms with Crippen LogP contribution < -0.4 is 9.64 Å². The van der Waals surface area contributed by atoms with E-state index in [9.17, 15) is 0 Å². The number of aromatic nitrogens is 6. The van der Waals surface area contributed by atoms with E-state index in [4.69, 9.17) is 9.72 Å². The second kappa shape index (κ2) is 8.64. The van der Waals surface area contributed by atoms with E-state index in [1.54, 1.807) is 18.6 Å². The van der Waals surface area contributed by atoms with Crippen LogP contribution in [-0.4, -0.2) is 53.9 Å². The fraction of sp³-hybridized carbons (Fsp3) is 0.400. The first kappa shape index (κ1) is 21.0. The molecule has 0 N–H and O–H groups in total. The highest BCUT2D eigenvalue weighted by molar-refractivity contribution is 5.73. The van der Waals surface area contributed by atoms with Gasteiger partial charge in [0.05, 0.1) is 12.2 Å². The number of imidazole rings is 1. The molecule has 1 unspecified atom stereocenters. The minimum Gasteiger partial charge on any atom is -0.471 e. The number of rotatable bonds is 6. The van der Waals surface area contributed by atoms with Crippen LogP contribution in [0.5, 0.6) is 5.88 Å². The first-order valence-corrected chi connectivity index (χ1v) is 12.0. The molecule has 4 aromatic heterocycles. The molecule has 6 rings (SSSR count). The summed E-state index contributed by atoms with van der Waals surface area (Å²) < 4.78 is 8.48. The van der Waals surface area contributed by atoms with E-state index in [2.05, 4.69) is 54.2 Å². The van der Waals surface area contributed by atoms with Crippen molar-refractivity contribution in [3.63, 3.8) is 0 Å². The highest BCUT2D eigenvalue weighted by atomic mass is 16.5. The maximum absolute atomic E-state index is 6.36. The molecule has 0 bridgehead atoms. The van der Waals surface area contributed by atoms with Crippen molar-refractivity contribution in [1.29, 1.82) is 0 Å². The average molecular weight is 457 g/mol. The second-order valence-electron chi connectivity index (χ2n) is 8.97. The van der Waals surface area contributed by atoms with Crippen LogP contribution in [0, 0.1) is 0 Å². The lowest BCUT2D eigenvalue weighted by Gasteiger charge is -2.37. The Morgan fingerprint density at radius 1 is 1.09 bits per heavy atom. The largest absolute Gasteiger partial charge is 0.471 e. The van der Waals surface area contributed by atoms with Gasteiger partial charge in [0.1, 0.15) is 35.5 Å². The third kappa shape index (κ3) is 3.47. The van der Waals surface area contributed by atoms with Crippen LogP contribution >= 0.6 is 0 Å². The van der Waals surface area contributed by atoms with Gasteiger partial charge in [0.2, 0.25) is 5.88 Å². The molecular weight excluding hydrogens is 428 g/mol. The zero-order valence-corrected chi connectivity index (χ0v) is 19.6. The quantitative estimate of drug-likeness (QED) is 0.432. The van der Waals surface area contributed by atoms with Gasteiger partial charge >= 0.3 is 0 Å². The topological polar surface area (TPSA) is 84.6 Å². The van der Waals surface area contributed by atoms with Crippen molar-refractivity contribution in [3.05, 3.63) is 60.2 Å². The lowest BCUT2D eigenvalue weighted by molar-refractivity contribution is 0.261. The Hall–Kier alpha value is -3.59. The molecule has 9 heteroatoms. The lowest BCUT2D eigenvalue weighted by Crippen LogP contribution is -2.35. The monoisotopic (exact) mass is 456 g/mol. The molecule has 6 heterocycles. The van der Waals surface area contributed by atoms with Crippen LogP contribution in [0.15, 0.2) is 49.0 Å². The average Bonchev–Trinajstić information content (AvgIpc) is 3.55. The lowest BCUT2D eigenvalue weighted by atomic mass is 10.00. The molecule has 0 amide bonds. The van der Waals surface area contributed by atoms with Crippen molar-refractivity contribution >= 4 is 22.5 Å². The van der Waals surface area contributed by atoms with E-state index < -0.39 is 0 Å². The van der Waals surface area contributed by atoms with Gasteiger partial charge in [0.25, 0.3) is 0 Å². The third-order valence-electron chi connectivity index (χ3n) is 6.65. The first-order valence-electron chi connectivity index (χ1n) is 12.0. The summed E-state index contributed by atoms with van der Waals surface area (Å²) in [6.07, 6.45) is 14.6. The predicted molar refractivity (Wildman–Crippen MR) is 130 cm³/mol. The van der Waals surface area contributed by atoms with Crippen LogP contribution in [0.4, 0.5) is 5.82 Å².